The third-order valence-electron chi connectivity index (χ3n) is 4.11. The second-order valence-electron chi connectivity index (χ2n) is 6.64. The Morgan fingerprint density at radius 2 is 1.81 bits per heavy atom. The Bertz CT molecular complexity index is 493. The van der Waals surface area contributed by atoms with Crippen molar-refractivity contribution < 1.29 is 4.79 Å². The molecule has 0 radical (unpaired) electrons. The lowest BCUT2D eigenvalue weighted by atomic mass is 9.86. The summed E-state index contributed by atoms with van der Waals surface area (Å²) in [5, 5.41) is 0. The van der Waals surface area contributed by atoms with Gasteiger partial charge in [0.15, 0.2) is 0 Å². The van der Waals surface area contributed by atoms with Gasteiger partial charge in [-0.1, -0.05) is 63.3 Å². The molecule has 0 aliphatic rings. The number of hydrogen-bond donors (Lipinski definition) is 1. The molecular formula is C17H26N2OS. The van der Waals surface area contributed by atoms with Crippen molar-refractivity contribution in [1.82, 2.24) is 4.90 Å². The highest BCUT2D eigenvalue weighted by atomic mass is 32.1. The Balaban J connectivity index is 2.91. The molecule has 3 nitrogen and oxygen atoms in total. The van der Waals surface area contributed by atoms with Gasteiger partial charge in [0.1, 0.15) is 0 Å². The minimum Gasteiger partial charge on any atom is -0.393 e. The molecule has 0 saturated heterocycles. The van der Waals surface area contributed by atoms with Crippen molar-refractivity contribution in [2.24, 2.45) is 17.1 Å². The van der Waals surface area contributed by atoms with Crippen LogP contribution in [0.4, 0.5) is 0 Å². The number of nitrogens with two attached hydrogens (primary N) is 1. The molecule has 0 bridgehead atoms. The van der Waals surface area contributed by atoms with E-state index in [0.717, 1.165) is 5.56 Å². The van der Waals surface area contributed by atoms with Crippen molar-refractivity contribution in [3.05, 3.63) is 35.9 Å². The van der Waals surface area contributed by atoms with Crippen molar-refractivity contribution in [2.45, 2.75) is 40.2 Å². The second-order valence-corrected chi connectivity index (χ2v) is 7.11. The molecule has 1 aromatic rings. The number of hydrogen-bond acceptors (Lipinski definition) is 2. The van der Waals surface area contributed by atoms with Crippen LogP contribution in [-0.4, -0.2) is 28.9 Å². The summed E-state index contributed by atoms with van der Waals surface area (Å²) in [5.41, 5.74) is 6.90. The fraction of sp³-hybridized carbons (Fsp3) is 0.529. The predicted octanol–water partition coefficient (Wildman–Crippen LogP) is 3.02. The van der Waals surface area contributed by atoms with Crippen LogP contribution < -0.4 is 5.73 Å². The molecule has 0 fully saturated rings. The first-order valence-electron chi connectivity index (χ1n) is 7.24. The number of carbonyl (C=O) groups is 1. The van der Waals surface area contributed by atoms with Gasteiger partial charge in [-0.15, -0.1) is 0 Å². The smallest absolute Gasteiger partial charge is 0.232 e. The van der Waals surface area contributed by atoms with Crippen LogP contribution in [0.15, 0.2) is 30.3 Å². The van der Waals surface area contributed by atoms with Gasteiger partial charge in [-0.05, 0) is 24.3 Å². The second kappa shape index (κ2) is 7.03. The molecule has 0 aliphatic heterocycles. The lowest BCUT2D eigenvalue weighted by molar-refractivity contribution is -0.135. The molecule has 4 heteroatoms. The zero-order valence-corrected chi connectivity index (χ0v) is 14.4. The van der Waals surface area contributed by atoms with E-state index in [2.05, 4.69) is 27.7 Å². The van der Waals surface area contributed by atoms with E-state index < -0.39 is 5.92 Å². The lowest BCUT2D eigenvalue weighted by Gasteiger charge is -2.37. The van der Waals surface area contributed by atoms with Gasteiger partial charge in [0.05, 0.1) is 10.9 Å². The lowest BCUT2D eigenvalue weighted by Crippen LogP contribution is -2.48. The van der Waals surface area contributed by atoms with E-state index in [1.54, 1.807) is 4.90 Å². The summed E-state index contributed by atoms with van der Waals surface area (Å²) in [5.74, 6) is -0.453. The normalized spacial score (nSPS) is 14.3. The van der Waals surface area contributed by atoms with Crippen LogP contribution in [0.25, 0.3) is 0 Å². The Hall–Kier alpha value is -1.42. The SMILES string of the molecule is CC(N(C)C(=O)C(Cc1ccccc1)C(N)=S)C(C)(C)C. The van der Waals surface area contributed by atoms with Gasteiger partial charge in [0.25, 0.3) is 0 Å². The number of benzene rings is 1. The maximum absolute atomic E-state index is 12.7. The van der Waals surface area contributed by atoms with E-state index >= 15 is 0 Å². The quantitative estimate of drug-likeness (QED) is 0.851. The molecule has 1 aromatic carbocycles. The van der Waals surface area contributed by atoms with Crippen molar-refractivity contribution in [2.75, 3.05) is 7.05 Å². The van der Waals surface area contributed by atoms with Crippen LogP contribution in [0.5, 0.6) is 0 Å². The Morgan fingerprint density at radius 3 is 2.24 bits per heavy atom. The third kappa shape index (κ3) is 4.81. The first-order valence-corrected chi connectivity index (χ1v) is 7.65. The standard InChI is InChI=1S/C17H26N2OS/c1-12(17(2,3)4)19(5)16(20)14(15(18)21)11-13-9-7-6-8-10-13/h6-10,12,14H,11H2,1-5H3,(H2,18,21). The Kier molecular flexibility index (Phi) is 5.90. The van der Waals surface area contributed by atoms with Gasteiger partial charge in [-0.2, -0.15) is 0 Å². The monoisotopic (exact) mass is 306 g/mol. The van der Waals surface area contributed by atoms with Crippen LogP contribution in [0, 0.1) is 11.3 Å². The number of amides is 1. The molecule has 2 atom stereocenters. The van der Waals surface area contributed by atoms with Crippen LogP contribution in [0.1, 0.15) is 33.3 Å². The maximum Gasteiger partial charge on any atom is 0.232 e. The first kappa shape index (κ1) is 17.6. The van der Waals surface area contributed by atoms with Gasteiger partial charge in [-0.25, -0.2) is 0 Å². The molecule has 0 heterocycles. The summed E-state index contributed by atoms with van der Waals surface area (Å²) in [6, 6.07) is 9.96. The van der Waals surface area contributed by atoms with Crippen molar-refractivity contribution in [3.63, 3.8) is 0 Å². The average Bonchev–Trinajstić information content (AvgIpc) is 2.42. The van der Waals surface area contributed by atoms with E-state index in [1.165, 1.54) is 0 Å². The molecule has 1 amide bonds. The fourth-order valence-electron chi connectivity index (χ4n) is 2.18. The summed E-state index contributed by atoms with van der Waals surface area (Å²) in [6.07, 6.45) is 0.552. The largest absolute Gasteiger partial charge is 0.393 e. The van der Waals surface area contributed by atoms with Crippen molar-refractivity contribution in [3.8, 4) is 0 Å². The zero-order valence-electron chi connectivity index (χ0n) is 13.6. The van der Waals surface area contributed by atoms with Crippen LogP contribution in [-0.2, 0) is 11.2 Å². The van der Waals surface area contributed by atoms with E-state index in [-0.39, 0.29) is 22.4 Å². The summed E-state index contributed by atoms with van der Waals surface area (Å²) in [6.45, 7) is 8.41. The molecule has 0 aliphatic carbocycles. The molecule has 0 saturated carbocycles. The van der Waals surface area contributed by atoms with Crippen LogP contribution in [0.2, 0.25) is 0 Å². The van der Waals surface area contributed by atoms with Crippen LogP contribution >= 0.6 is 12.2 Å². The topological polar surface area (TPSA) is 46.3 Å². The number of nitrogens with zero attached hydrogens (tertiary/aromatic N) is 1. The predicted molar refractivity (Wildman–Crippen MR) is 92.1 cm³/mol. The highest BCUT2D eigenvalue weighted by molar-refractivity contribution is 7.80. The van der Waals surface area contributed by atoms with Gasteiger partial charge >= 0.3 is 0 Å². The summed E-state index contributed by atoms with van der Waals surface area (Å²) >= 11 is 5.12. The van der Waals surface area contributed by atoms with E-state index in [9.17, 15) is 4.79 Å². The fourth-order valence-corrected chi connectivity index (χ4v) is 2.36. The molecule has 1 rings (SSSR count). The third-order valence-corrected chi connectivity index (χ3v) is 4.39. The van der Waals surface area contributed by atoms with Crippen molar-refractivity contribution in [1.29, 1.82) is 0 Å². The number of thiocarbonyl (C=S) groups is 1. The summed E-state index contributed by atoms with van der Waals surface area (Å²) < 4.78 is 0. The summed E-state index contributed by atoms with van der Waals surface area (Å²) in [4.78, 5) is 14.8. The first-order chi connectivity index (χ1) is 9.64. The molecule has 116 valence electrons. The molecule has 0 aromatic heterocycles. The van der Waals surface area contributed by atoms with Crippen LogP contribution in [0.3, 0.4) is 0 Å². The molecule has 2 N–H and O–H groups in total. The molecule has 0 spiro atoms. The molecule has 2 unspecified atom stereocenters. The van der Waals surface area contributed by atoms with Gasteiger partial charge < -0.3 is 10.6 Å². The van der Waals surface area contributed by atoms with E-state index in [4.69, 9.17) is 18.0 Å². The highest BCUT2D eigenvalue weighted by Gasteiger charge is 2.32. The van der Waals surface area contributed by atoms with Gasteiger partial charge in [0.2, 0.25) is 5.91 Å². The van der Waals surface area contributed by atoms with Gasteiger partial charge in [-0.3, -0.25) is 4.79 Å². The molecule has 21 heavy (non-hydrogen) atoms. The number of carbonyl (C=O) groups excluding carboxylic acids is 1. The minimum absolute atomic E-state index is 0.00576. The number of rotatable bonds is 5. The Morgan fingerprint density at radius 1 is 1.29 bits per heavy atom. The van der Waals surface area contributed by atoms with E-state index in [0.29, 0.717) is 6.42 Å². The van der Waals surface area contributed by atoms with Crippen molar-refractivity contribution >= 4 is 23.1 Å². The van der Waals surface area contributed by atoms with E-state index in [1.807, 2.05) is 37.4 Å². The molecular weight excluding hydrogens is 280 g/mol. The highest BCUT2D eigenvalue weighted by Crippen LogP contribution is 2.25. The van der Waals surface area contributed by atoms with Gasteiger partial charge in [0, 0.05) is 13.1 Å². The average molecular weight is 306 g/mol. The zero-order chi connectivity index (χ0) is 16.2. The Labute approximate surface area is 133 Å². The summed E-state index contributed by atoms with van der Waals surface area (Å²) in [7, 11) is 1.83. The minimum atomic E-state index is -0.447. The maximum atomic E-state index is 12.7.